The molecule has 0 fully saturated rings. The minimum absolute atomic E-state index is 0.0256. The smallest absolute Gasteiger partial charge is 0.265 e. The highest BCUT2D eigenvalue weighted by atomic mass is 79.9. The quantitative estimate of drug-likeness (QED) is 0.696. The summed E-state index contributed by atoms with van der Waals surface area (Å²) in [7, 11) is 0. The van der Waals surface area contributed by atoms with Crippen molar-refractivity contribution in [3.8, 4) is 5.69 Å². The van der Waals surface area contributed by atoms with Crippen LogP contribution in [-0.2, 0) is 0 Å². The number of halogens is 1. The molecular formula is C17H15BrN2O. The number of aromatic nitrogens is 2. The first-order valence-corrected chi connectivity index (χ1v) is 7.65. The fourth-order valence-electron chi connectivity index (χ4n) is 2.40. The Bertz CT molecular complexity index is 868. The summed E-state index contributed by atoms with van der Waals surface area (Å²) in [4.78, 5) is 17.6. The zero-order chi connectivity index (χ0) is 15.0. The van der Waals surface area contributed by atoms with Gasteiger partial charge in [-0.15, -0.1) is 0 Å². The minimum Gasteiger partial charge on any atom is -0.268 e. The molecule has 0 N–H and O–H groups in total. The molecule has 0 amide bonds. The van der Waals surface area contributed by atoms with Crippen LogP contribution in [0.4, 0.5) is 0 Å². The van der Waals surface area contributed by atoms with Crippen molar-refractivity contribution in [3.05, 3.63) is 69.2 Å². The summed E-state index contributed by atoms with van der Waals surface area (Å²) in [5, 5.41) is 0.641. The summed E-state index contributed by atoms with van der Waals surface area (Å²) in [5.74, 6) is 0.929. The number of hydrogen-bond acceptors (Lipinski definition) is 2. The summed E-state index contributed by atoms with van der Waals surface area (Å²) in [6.07, 6.45) is 0. The Labute approximate surface area is 131 Å². The van der Waals surface area contributed by atoms with Gasteiger partial charge in [-0.05, 0) is 30.3 Å². The normalized spacial score (nSPS) is 11.2. The molecule has 0 aliphatic carbocycles. The molecule has 4 heteroatoms. The van der Waals surface area contributed by atoms with E-state index >= 15 is 0 Å². The lowest BCUT2D eigenvalue weighted by molar-refractivity contribution is 0.723. The summed E-state index contributed by atoms with van der Waals surface area (Å²) >= 11 is 3.46. The summed E-state index contributed by atoms with van der Waals surface area (Å²) < 4.78 is 2.65. The van der Waals surface area contributed by atoms with Crippen LogP contribution >= 0.6 is 15.9 Å². The van der Waals surface area contributed by atoms with Crippen LogP contribution in [0.3, 0.4) is 0 Å². The fraction of sp³-hybridized carbons (Fsp3) is 0.176. The molecule has 0 spiro atoms. The molecule has 3 rings (SSSR count). The van der Waals surface area contributed by atoms with E-state index in [2.05, 4.69) is 20.9 Å². The van der Waals surface area contributed by atoms with Gasteiger partial charge in [-0.25, -0.2) is 4.98 Å². The van der Waals surface area contributed by atoms with Crippen LogP contribution in [0.5, 0.6) is 0 Å². The largest absolute Gasteiger partial charge is 0.268 e. The highest BCUT2D eigenvalue weighted by Crippen LogP contribution is 2.21. The molecule has 1 aromatic heterocycles. The van der Waals surface area contributed by atoms with Crippen molar-refractivity contribution >= 4 is 26.8 Å². The average Bonchev–Trinajstić information content (AvgIpc) is 2.47. The number of nitrogens with zero attached hydrogens (tertiary/aromatic N) is 2. The number of benzene rings is 2. The third-order valence-corrected chi connectivity index (χ3v) is 3.88. The third-order valence-electron chi connectivity index (χ3n) is 3.38. The van der Waals surface area contributed by atoms with Crippen molar-refractivity contribution in [2.24, 2.45) is 0 Å². The summed E-state index contributed by atoms with van der Waals surface area (Å²) in [6, 6.07) is 15.2. The molecule has 2 aromatic carbocycles. The highest BCUT2D eigenvalue weighted by Gasteiger charge is 2.15. The van der Waals surface area contributed by atoms with Gasteiger partial charge in [0.1, 0.15) is 5.82 Å². The maximum Gasteiger partial charge on any atom is 0.265 e. The lowest BCUT2D eigenvalue weighted by Crippen LogP contribution is -2.24. The Balaban J connectivity index is 2.42. The minimum atomic E-state index is -0.0256. The molecular weight excluding hydrogens is 328 g/mol. The topological polar surface area (TPSA) is 34.9 Å². The lowest BCUT2D eigenvalue weighted by Gasteiger charge is -2.16. The number of hydrogen-bond donors (Lipinski definition) is 0. The summed E-state index contributed by atoms with van der Waals surface area (Å²) in [5.41, 5.74) is 1.55. The van der Waals surface area contributed by atoms with Gasteiger partial charge in [-0.3, -0.25) is 9.36 Å². The van der Waals surface area contributed by atoms with Crippen molar-refractivity contribution in [2.75, 3.05) is 0 Å². The molecule has 1 heterocycles. The van der Waals surface area contributed by atoms with Crippen molar-refractivity contribution < 1.29 is 0 Å². The Morgan fingerprint density at radius 2 is 1.86 bits per heavy atom. The molecule has 0 bridgehead atoms. The maximum absolute atomic E-state index is 12.9. The standard InChI is InChI=1S/C17H15BrN2O/c1-11(2)16-19-15-9-4-3-8-14(15)17(21)20(16)13-7-5-6-12(18)10-13/h3-11H,1-2H3. The fourth-order valence-corrected chi connectivity index (χ4v) is 2.79. The van der Waals surface area contributed by atoms with Crippen LogP contribution in [0.2, 0.25) is 0 Å². The first-order chi connectivity index (χ1) is 10.1. The monoisotopic (exact) mass is 342 g/mol. The van der Waals surface area contributed by atoms with Crippen LogP contribution in [-0.4, -0.2) is 9.55 Å². The van der Waals surface area contributed by atoms with E-state index in [0.717, 1.165) is 21.5 Å². The molecule has 106 valence electrons. The zero-order valence-electron chi connectivity index (χ0n) is 11.9. The van der Waals surface area contributed by atoms with E-state index in [1.54, 1.807) is 4.57 Å². The Morgan fingerprint density at radius 1 is 1.10 bits per heavy atom. The van der Waals surface area contributed by atoms with Gasteiger partial charge in [0.2, 0.25) is 0 Å². The van der Waals surface area contributed by atoms with Gasteiger partial charge >= 0.3 is 0 Å². The van der Waals surface area contributed by atoms with Crippen LogP contribution < -0.4 is 5.56 Å². The first-order valence-electron chi connectivity index (χ1n) is 6.85. The molecule has 0 unspecified atom stereocenters. The van der Waals surface area contributed by atoms with E-state index in [9.17, 15) is 4.79 Å². The van der Waals surface area contributed by atoms with Crippen molar-refractivity contribution in [3.63, 3.8) is 0 Å². The van der Waals surface area contributed by atoms with Crippen molar-refractivity contribution in [1.82, 2.24) is 9.55 Å². The second kappa shape index (κ2) is 5.45. The van der Waals surface area contributed by atoms with Gasteiger partial charge < -0.3 is 0 Å². The molecule has 0 saturated heterocycles. The maximum atomic E-state index is 12.9. The van der Waals surface area contributed by atoms with E-state index < -0.39 is 0 Å². The Kier molecular flexibility index (Phi) is 3.64. The number of fused-ring (bicyclic) bond motifs is 1. The SMILES string of the molecule is CC(C)c1nc2ccccc2c(=O)n1-c1cccc(Br)c1. The van der Waals surface area contributed by atoms with E-state index in [1.165, 1.54) is 0 Å². The third kappa shape index (κ3) is 2.51. The van der Waals surface area contributed by atoms with Crippen LogP contribution in [0.25, 0.3) is 16.6 Å². The lowest BCUT2D eigenvalue weighted by atomic mass is 10.1. The molecule has 0 aliphatic rings. The Morgan fingerprint density at radius 3 is 2.57 bits per heavy atom. The number of para-hydroxylation sites is 1. The van der Waals surface area contributed by atoms with E-state index in [0.29, 0.717) is 5.39 Å². The van der Waals surface area contributed by atoms with Crippen molar-refractivity contribution in [1.29, 1.82) is 0 Å². The van der Waals surface area contributed by atoms with Gasteiger partial charge in [-0.2, -0.15) is 0 Å². The van der Waals surface area contributed by atoms with Crippen LogP contribution in [0.15, 0.2) is 57.8 Å². The van der Waals surface area contributed by atoms with Crippen LogP contribution in [0.1, 0.15) is 25.6 Å². The highest BCUT2D eigenvalue weighted by molar-refractivity contribution is 9.10. The first kappa shape index (κ1) is 14.0. The van der Waals surface area contributed by atoms with E-state index in [4.69, 9.17) is 0 Å². The van der Waals surface area contributed by atoms with E-state index in [1.807, 2.05) is 62.4 Å². The van der Waals surface area contributed by atoms with Gasteiger partial charge in [0.15, 0.2) is 0 Å². The predicted molar refractivity (Wildman–Crippen MR) is 89.1 cm³/mol. The zero-order valence-corrected chi connectivity index (χ0v) is 13.5. The second-order valence-electron chi connectivity index (χ2n) is 5.26. The van der Waals surface area contributed by atoms with Crippen LogP contribution in [0, 0.1) is 0 Å². The molecule has 0 saturated carbocycles. The molecule has 0 radical (unpaired) electrons. The molecule has 3 nitrogen and oxygen atoms in total. The Hall–Kier alpha value is -1.94. The van der Waals surface area contributed by atoms with Gasteiger partial charge in [0, 0.05) is 10.4 Å². The average molecular weight is 343 g/mol. The summed E-state index contributed by atoms with van der Waals surface area (Å²) in [6.45, 7) is 4.09. The predicted octanol–water partition coefficient (Wildman–Crippen LogP) is 4.27. The van der Waals surface area contributed by atoms with Gasteiger partial charge in [0.25, 0.3) is 5.56 Å². The molecule has 0 aliphatic heterocycles. The molecule has 0 atom stereocenters. The number of rotatable bonds is 2. The van der Waals surface area contributed by atoms with Crippen molar-refractivity contribution in [2.45, 2.75) is 19.8 Å². The van der Waals surface area contributed by atoms with Gasteiger partial charge in [0.05, 0.1) is 16.6 Å². The van der Waals surface area contributed by atoms with E-state index in [-0.39, 0.29) is 11.5 Å². The second-order valence-corrected chi connectivity index (χ2v) is 6.18. The molecule has 21 heavy (non-hydrogen) atoms. The van der Waals surface area contributed by atoms with Gasteiger partial charge in [-0.1, -0.05) is 48.0 Å². The molecule has 3 aromatic rings.